The molecule has 2 rings (SSSR count). The first-order valence-corrected chi connectivity index (χ1v) is 9.62. The van der Waals surface area contributed by atoms with E-state index in [4.69, 9.17) is 9.47 Å². The van der Waals surface area contributed by atoms with Crippen LogP contribution in [0.1, 0.15) is 58.1 Å². The van der Waals surface area contributed by atoms with Gasteiger partial charge in [-0.15, -0.1) is 0 Å². The summed E-state index contributed by atoms with van der Waals surface area (Å²) >= 11 is 0. The van der Waals surface area contributed by atoms with E-state index in [1.54, 1.807) is 27.7 Å². The Hall–Kier alpha value is -2.35. The van der Waals surface area contributed by atoms with Gasteiger partial charge in [-0.3, -0.25) is 0 Å². The molecule has 5 nitrogen and oxygen atoms in total. The van der Waals surface area contributed by atoms with Crippen LogP contribution in [0.15, 0.2) is 40.6 Å². The Kier molecular flexibility index (Phi) is 7.46. The fourth-order valence-corrected chi connectivity index (χ4v) is 3.27. The van der Waals surface area contributed by atoms with Gasteiger partial charge < -0.3 is 9.47 Å². The summed E-state index contributed by atoms with van der Waals surface area (Å²) in [6.07, 6.45) is -4.60. The van der Waals surface area contributed by atoms with Gasteiger partial charge in [0.05, 0.1) is 28.9 Å². The van der Waals surface area contributed by atoms with Gasteiger partial charge in [0.25, 0.3) is 0 Å². The number of allylic oxidation sites excluding steroid dienone is 1. The summed E-state index contributed by atoms with van der Waals surface area (Å²) in [6, 6.07) is 5.29. The SMILES string of the molecule is CCOCN1N=C(CC)C(c2ccccc2C(F)(F)F)C(C(=O)OC(C)C)=C1C. The summed E-state index contributed by atoms with van der Waals surface area (Å²) in [4.78, 5) is 13.0. The highest BCUT2D eigenvalue weighted by molar-refractivity contribution is 6.05. The normalized spacial score (nSPS) is 17.6. The molecule has 0 bridgehead atoms. The fraction of sp³-hybridized carbons (Fsp3) is 0.524. The number of ether oxygens (including phenoxy) is 2. The number of hydrogen-bond acceptors (Lipinski definition) is 5. The number of carbonyl (C=O) groups excluding carboxylic acids is 1. The van der Waals surface area contributed by atoms with E-state index in [0.29, 0.717) is 24.4 Å². The average Bonchev–Trinajstić information content (AvgIpc) is 2.65. The summed E-state index contributed by atoms with van der Waals surface area (Å²) < 4.78 is 51.9. The van der Waals surface area contributed by atoms with E-state index in [2.05, 4.69) is 5.10 Å². The molecule has 1 heterocycles. The van der Waals surface area contributed by atoms with Gasteiger partial charge in [0.15, 0.2) is 0 Å². The van der Waals surface area contributed by atoms with Gasteiger partial charge in [0, 0.05) is 12.3 Å². The van der Waals surface area contributed by atoms with Crippen molar-refractivity contribution in [2.75, 3.05) is 13.3 Å². The van der Waals surface area contributed by atoms with Crippen molar-refractivity contribution in [1.82, 2.24) is 5.01 Å². The predicted molar refractivity (Wildman–Crippen MR) is 104 cm³/mol. The molecule has 0 saturated carbocycles. The summed E-state index contributed by atoms with van der Waals surface area (Å²) in [7, 11) is 0. The van der Waals surface area contributed by atoms with Crippen LogP contribution in [0, 0.1) is 0 Å². The zero-order valence-electron chi connectivity index (χ0n) is 17.3. The molecule has 0 fully saturated rings. The third kappa shape index (κ3) is 5.18. The summed E-state index contributed by atoms with van der Waals surface area (Å²) in [6.45, 7) is 9.20. The standard InChI is InChI=1S/C21H27F3N2O3/c1-6-17-19(15-10-8-9-11-16(15)21(22,23)24)18(20(27)29-13(3)4)14(5)26(25-17)12-28-7-2/h8-11,13,19H,6-7,12H2,1-5H3. The fourth-order valence-electron chi connectivity index (χ4n) is 3.27. The lowest BCUT2D eigenvalue weighted by Gasteiger charge is -2.34. The molecule has 0 aromatic heterocycles. The van der Waals surface area contributed by atoms with E-state index < -0.39 is 29.7 Å². The quantitative estimate of drug-likeness (QED) is 0.586. The number of benzene rings is 1. The van der Waals surface area contributed by atoms with E-state index in [1.807, 2.05) is 6.92 Å². The molecule has 1 unspecified atom stereocenters. The van der Waals surface area contributed by atoms with Crippen molar-refractivity contribution in [2.45, 2.75) is 59.2 Å². The number of alkyl halides is 3. The molecule has 8 heteroatoms. The van der Waals surface area contributed by atoms with Crippen LogP contribution in [-0.4, -0.2) is 36.1 Å². The molecule has 1 aromatic rings. The second-order valence-corrected chi connectivity index (χ2v) is 6.94. The van der Waals surface area contributed by atoms with Gasteiger partial charge in [-0.05, 0) is 45.7 Å². The smallest absolute Gasteiger partial charge is 0.416 e. The summed E-state index contributed by atoms with van der Waals surface area (Å²) in [5.41, 5.74) is 0.228. The maximum Gasteiger partial charge on any atom is 0.416 e. The van der Waals surface area contributed by atoms with Crippen molar-refractivity contribution >= 4 is 11.7 Å². The van der Waals surface area contributed by atoms with E-state index >= 15 is 0 Å². The maximum atomic E-state index is 13.7. The number of hydrazone groups is 1. The second kappa shape index (κ2) is 9.43. The zero-order chi connectivity index (χ0) is 21.8. The Morgan fingerprint density at radius 2 is 1.90 bits per heavy atom. The Morgan fingerprint density at radius 1 is 1.24 bits per heavy atom. The van der Waals surface area contributed by atoms with Crippen LogP contribution in [0.25, 0.3) is 0 Å². The van der Waals surface area contributed by atoms with Gasteiger partial charge in [0.2, 0.25) is 0 Å². The molecule has 0 N–H and O–H groups in total. The number of halogens is 3. The lowest BCUT2D eigenvalue weighted by molar-refractivity contribution is -0.143. The molecule has 160 valence electrons. The molecule has 0 radical (unpaired) electrons. The van der Waals surface area contributed by atoms with Gasteiger partial charge in [-0.1, -0.05) is 25.1 Å². The lowest BCUT2D eigenvalue weighted by Crippen LogP contribution is -2.35. The summed E-state index contributed by atoms with van der Waals surface area (Å²) in [5, 5.41) is 6.01. The van der Waals surface area contributed by atoms with Crippen LogP contribution >= 0.6 is 0 Å². The highest BCUT2D eigenvalue weighted by atomic mass is 19.4. The third-order valence-corrected chi connectivity index (χ3v) is 4.57. The minimum absolute atomic E-state index is 0.00767. The van der Waals surface area contributed by atoms with Crippen LogP contribution in [0.5, 0.6) is 0 Å². The highest BCUT2D eigenvalue weighted by Gasteiger charge is 2.41. The van der Waals surface area contributed by atoms with E-state index in [9.17, 15) is 18.0 Å². The maximum absolute atomic E-state index is 13.7. The molecule has 0 aliphatic carbocycles. The Bertz CT molecular complexity index is 801. The molecule has 1 aliphatic heterocycles. The molecular formula is C21H27F3N2O3. The van der Waals surface area contributed by atoms with Crippen molar-refractivity contribution in [2.24, 2.45) is 5.10 Å². The minimum atomic E-state index is -4.56. The van der Waals surface area contributed by atoms with Crippen LogP contribution in [0.3, 0.4) is 0 Å². The van der Waals surface area contributed by atoms with Crippen molar-refractivity contribution < 1.29 is 27.4 Å². The third-order valence-electron chi connectivity index (χ3n) is 4.57. The minimum Gasteiger partial charge on any atom is -0.460 e. The number of nitrogens with zero attached hydrogens (tertiary/aromatic N) is 2. The Morgan fingerprint density at radius 3 is 2.45 bits per heavy atom. The van der Waals surface area contributed by atoms with Gasteiger partial charge in [-0.25, -0.2) is 9.80 Å². The highest BCUT2D eigenvalue weighted by Crippen LogP contribution is 2.42. The van der Waals surface area contributed by atoms with E-state index in [-0.39, 0.29) is 17.9 Å². The van der Waals surface area contributed by atoms with Crippen LogP contribution in [0.4, 0.5) is 13.2 Å². The Labute approximate surface area is 169 Å². The molecule has 1 aliphatic rings. The molecule has 29 heavy (non-hydrogen) atoms. The molecule has 0 saturated heterocycles. The molecule has 0 amide bonds. The van der Waals surface area contributed by atoms with Gasteiger partial charge >= 0.3 is 12.1 Å². The monoisotopic (exact) mass is 412 g/mol. The topological polar surface area (TPSA) is 51.1 Å². The largest absolute Gasteiger partial charge is 0.460 e. The molecular weight excluding hydrogens is 385 g/mol. The first-order chi connectivity index (χ1) is 13.6. The summed E-state index contributed by atoms with van der Waals surface area (Å²) in [5.74, 6) is -1.59. The average molecular weight is 412 g/mol. The van der Waals surface area contributed by atoms with Crippen molar-refractivity contribution in [3.8, 4) is 0 Å². The van der Waals surface area contributed by atoms with Crippen LogP contribution in [0.2, 0.25) is 0 Å². The molecule has 1 aromatic carbocycles. The Balaban J connectivity index is 2.68. The lowest BCUT2D eigenvalue weighted by atomic mass is 9.81. The number of esters is 1. The zero-order valence-corrected chi connectivity index (χ0v) is 17.3. The molecule has 1 atom stereocenters. The van der Waals surface area contributed by atoms with Gasteiger partial charge in [0.1, 0.15) is 6.73 Å². The van der Waals surface area contributed by atoms with E-state index in [0.717, 1.165) is 6.07 Å². The van der Waals surface area contributed by atoms with E-state index in [1.165, 1.54) is 23.2 Å². The van der Waals surface area contributed by atoms with Crippen molar-refractivity contribution in [1.29, 1.82) is 0 Å². The van der Waals surface area contributed by atoms with Crippen LogP contribution < -0.4 is 0 Å². The van der Waals surface area contributed by atoms with Crippen molar-refractivity contribution in [3.63, 3.8) is 0 Å². The first-order valence-electron chi connectivity index (χ1n) is 9.62. The second-order valence-electron chi connectivity index (χ2n) is 6.94. The van der Waals surface area contributed by atoms with Crippen LogP contribution in [-0.2, 0) is 20.4 Å². The van der Waals surface area contributed by atoms with Crippen molar-refractivity contribution in [3.05, 3.63) is 46.7 Å². The first kappa shape index (κ1) is 22.9. The number of rotatable bonds is 7. The number of carbonyl (C=O) groups is 1. The predicted octanol–water partition coefficient (Wildman–Crippen LogP) is 5.09. The van der Waals surface area contributed by atoms with Gasteiger partial charge in [-0.2, -0.15) is 18.3 Å². The molecule has 0 spiro atoms. The number of hydrogen-bond donors (Lipinski definition) is 0.